The van der Waals surface area contributed by atoms with Crippen molar-refractivity contribution in [1.29, 1.82) is 0 Å². The second-order valence-electron chi connectivity index (χ2n) is 4.46. The maximum atomic E-state index is 12.0. The summed E-state index contributed by atoms with van der Waals surface area (Å²) in [6.07, 6.45) is 0.329. The number of ether oxygens (including phenoxy) is 1. The molecule has 0 saturated heterocycles. The molecule has 20 heavy (non-hydrogen) atoms. The first-order valence-corrected chi connectivity index (χ1v) is 6.47. The molecule has 2 rings (SSSR count). The van der Waals surface area contributed by atoms with Crippen LogP contribution in [0.2, 0.25) is 0 Å². The number of rotatable bonds is 5. The van der Waals surface area contributed by atoms with Gasteiger partial charge >= 0.3 is 0 Å². The third-order valence-electron chi connectivity index (χ3n) is 2.98. The molecule has 0 unspecified atom stereocenters. The highest BCUT2D eigenvalue weighted by molar-refractivity contribution is 5.92. The van der Waals surface area contributed by atoms with Gasteiger partial charge in [-0.1, -0.05) is 18.2 Å². The number of benzene rings is 2. The molecule has 2 aromatic carbocycles. The van der Waals surface area contributed by atoms with E-state index in [9.17, 15) is 4.79 Å². The lowest BCUT2D eigenvalue weighted by molar-refractivity contribution is -0.118. The SMILES string of the molecule is CN(C(=O)CCOc1ccc(N)cc1)c1ccccc1. The maximum Gasteiger partial charge on any atom is 0.230 e. The fourth-order valence-electron chi connectivity index (χ4n) is 1.78. The van der Waals surface area contributed by atoms with E-state index in [1.807, 2.05) is 30.3 Å². The highest BCUT2D eigenvalue weighted by atomic mass is 16.5. The van der Waals surface area contributed by atoms with Crippen molar-refractivity contribution in [3.05, 3.63) is 54.6 Å². The lowest BCUT2D eigenvalue weighted by Crippen LogP contribution is -2.27. The Morgan fingerprint density at radius 3 is 2.40 bits per heavy atom. The summed E-state index contributed by atoms with van der Waals surface area (Å²) in [4.78, 5) is 13.6. The molecule has 0 aliphatic carbocycles. The number of hydrogen-bond donors (Lipinski definition) is 1. The highest BCUT2D eigenvalue weighted by Crippen LogP contribution is 2.15. The minimum Gasteiger partial charge on any atom is -0.493 e. The number of nitrogens with zero attached hydrogens (tertiary/aromatic N) is 1. The molecule has 0 heterocycles. The summed E-state index contributed by atoms with van der Waals surface area (Å²) in [7, 11) is 1.76. The second-order valence-corrected chi connectivity index (χ2v) is 4.46. The van der Waals surface area contributed by atoms with Gasteiger partial charge in [-0.15, -0.1) is 0 Å². The van der Waals surface area contributed by atoms with Crippen molar-refractivity contribution in [2.45, 2.75) is 6.42 Å². The van der Waals surface area contributed by atoms with Crippen LogP contribution in [-0.4, -0.2) is 19.6 Å². The number of amides is 1. The van der Waals surface area contributed by atoms with E-state index in [4.69, 9.17) is 10.5 Å². The fourth-order valence-corrected chi connectivity index (χ4v) is 1.78. The number of para-hydroxylation sites is 1. The van der Waals surface area contributed by atoms with Gasteiger partial charge in [-0.3, -0.25) is 4.79 Å². The van der Waals surface area contributed by atoms with Crippen LogP contribution in [0.15, 0.2) is 54.6 Å². The Kier molecular flexibility index (Phi) is 4.60. The molecule has 4 heteroatoms. The van der Waals surface area contributed by atoms with Gasteiger partial charge in [0.2, 0.25) is 5.91 Å². The normalized spacial score (nSPS) is 10.1. The Morgan fingerprint density at radius 1 is 1.10 bits per heavy atom. The molecule has 0 fully saturated rings. The molecule has 0 radical (unpaired) electrons. The van der Waals surface area contributed by atoms with Crippen LogP contribution in [-0.2, 0) is 4.79 Å². The predicted molar refractivity (Wildman–Crippen MR) is 80.8 cm³/mol. The van der Waals surface area contributed by atoms with Crippen molar-refractivity contribution in [2.75, 3.05) is 24.3 Å². The van der Waals surface area contributed by atoms with Crippen LogP contribution < -0.4 is 15.4 Å². The fraction of sp³-hybridized carbons (Fsp3) is 0.188. The number of carbonyl (C=O) groups excluding carboxylic acids is 1. The minimum absolute atomic E-state index is 0.0200. The lowest BCUT2D eigenvalue weighted by atomic mass is 10.3. The van der Waals surface area contributed by atoms with Crippen molar-refractivity contribution in [3.63, 3.8) is 0 Å². The van der Waals surface area contributed by atoms with Gasteiger partial charge in [0.1, 0.15) is 5.75 Å². The van der Waals surface area contributed by atoms with Gasteiger partial charge in [-0.25, -0.2) is 0 Å². The van der Waals surface area contributed by atoms with Gasteiger partial charge in [-0.2, -0.15) is 0 Å². The minimum atomic E-state index is 0.0200. The van der Waals surface area contributed by atoms with Crippen LogP contribution >= 0.6 is 0 Å². The smallest absolute Gasteiger partial charge is 0.230 e. The molecule has 0 aliphatic heterocycles. The highest BCUT2D eigenvalue weighted by Gasteiger charge is 2.10. The molecule has 0 bridgehead atoms. The van der Waals surface area contributed by atoms with Crippen molar-refractivity contribution >= 4 is 17.3 Å². The number of anilines is 2. The number of carbonyl (C=O) groups is 1. The van der Waals surface area contributed by atoms with Crippen LogP contribution in [0.3, 0.4) is 0 Å². The van der Waals surface area contributed by atoms with E-state index in [1.165, 1.54) is 0 Å². The molecule has 0 aromatic heterocycles. The van der Waals surface area contributed by atoms with E-state index in [-0.39, 0.29) is 5.91 Å². The summed E-state index contributed by atoms with van der Waals surface area (Å²) in [6.45, 7) is 0.347. The zero-order valence-corrected chi connectivity index (χ0v) is 11.5. The van der Waals surface area contributed by atoms with E-state index in [0.717, 1.165) is 11.4 Å². The molecule has 0 saturated carbocycles. The molecule has 2 aromatic rings. The van der Waals surface area contributed by atoms with Gasteiger partial charge in [-0.05, 0) is 36.4 Å². The van der Waals surface area contributed by atoms with Crippen LogP contribution in [0.25, 0.3) is 0 Å². The third kappa shape index (κ3) is 3.75. The largest absolute Gasteiger partial charge is 0.493 e. The first kappa shape index (κ1) is 13.9. The van der Waals surface area contributed by atoms with Gasteiger partial charge in [0.25, 0.3) is 0 Å². The summed E-state index contributed by atoms with van der Waals surface area (Å²) < 4.78 is 5.51. The molecule has 2 N–H and O–H groups in total. The average Bonchev–Trinajstić information content (AvgIpc) is 2.49. The van der Waals surface area contributed by atoms with Gasteiger partial charge in [0.05, 0.1) is 13.0 Å². The summed E-state index contributed by atoms with van der Waals surface area (Å²) in [5.74, 6) is 0.737. The van der Waals surface area contributed by atoms with Gasteiger partial charge in [0, 0.05) is 18.4 Å². The molecule has 0 aliphatic rings. The van der Waals surface area contributed by atoms with Crippen LogP contribution in [0.4, 0.5) is 11.4 Å². The van der Waals surface area contributed by atoms with E-state index >= 15 is 0 Å². The zero-order valence-electron chi connectivity index (χ0n) is 11.5. The van der Waals surface area contributed by atoms with E-state index in [1.54, 1.807) is 36.2 Å². The van der Waals surface area contributed by atoms with Crippen molar-refractivity contribution < 1.29 is 9.53 Å². The Balaban J connectivity index is 1.82. The standard InChI is InChI=1S/C16H18N2O2/c1-18(14-5-3-2-4-6-14)16(19)11-12-20-15-9-7-13(17)8-10-15/h2-10H,11-12,17H2,1H3. The predicted octanol–water partition coefficient (Wildman–Crippen LogP) is 2.70. The molecular formula is C16H18N2O2. The third-order valence-corrected chi connectivity index (χ3v) is 2.98. The summed E-state index contributed by atoms with van der Waals surface area (Å²) in [5, 5.41) is 0. The topological polar surface area (TPSA) is 55.6 Å². The van der Waals surface area contributed by atoms with Crippen LogP contribution in [0.1, 0.15) is 6.42 Å². The van der Waals surface area contributed by atoms with E-state index in [2.05, 4.69) is 0 Å². The summed E-state index contributed by atoms with van der Waals surface area (Å²) in [6, 6.07) is 16.7. The zero-order chi connectivity index (χ0) is 14.4. The second kappa shape index (κ2) is 6.61. The number of nitrogen functional groups attached to an aromatic ring is 1. The van der Waals surface area contributed by atoms with Crippen LogP contribution in [0.5, 0.6) is 5.75 Å². The molecule has 1 amide bonds. The Labute approximate surface area is 118 Å². The quantitative estimate of drug-likeness (QED) is 0.850. The molecule has 0 atom stereocenters. The van der Waals surface area contributed by atoms with Crippen molar-refractivity contribution in [1.82, 2.24) is 0 Å². The lowest BCUT2D eigenvalue weighted by Gasteiger charge is -2.17. The number of nitrogens with two attached hydrogens (primary N) is 1. The Morgan fingerprint density at radius 2 is 1.75 bits per heavy atom. The summed E-state index contributed by atoms with van der Waals surface area (Å²) >= 11 is 0. The average molecular weight is 270 g/mol. The first-order chi connectivity index (χ1) is 9.66. The van der Waals surface area contributed by atoms with Crippen molar-refractivity contribution in [2.24, 2.45) is 0 Å². The molecule has 0 spiro atoms. The monoisotopic (exact) mass is 270 g/mol. The van der Waals surface area contributed by atoms with Crippen molar-refractivity contribution in [3.8, 4) is 5.75 Å². The molecule has 4 nitrogen and oxygen atoms in total. The molecule has 104 valence electrons. The van der Waals surface area contributed by atoms with E-state index < -0.39 is 0 Å². The maximum absolute atomic E-state index is 12.0. The Bertz CT molecular complexity index is 552. The van der Waals surface area contributed by atoms with Crippen LogP contribution in [0, 0.1) is 0 Å². The molecular weight excluding hydrogens is 252 g/mol. The van der Waals surface area contributed by atoms with E-state index in [0.29, 0.717) is 18.7 Å². The van der Waals surface area contributed by atoms with Gasteiger partial charge in [0.15, 0.2) is 0 Å². The Hall–Kier alpha value is -2.49. The first-order valence-electron chi connectivity index (χ1n) is 6.47. The number of hydrogen-bond acceptors (Lipinski definition) is 3. The van der Waals surface area contributed by atoms with Gasteiger partial charge < -0.3 is 15.4 Å². The summed E-state index contributed by atoms with van der Waals surface area (Å²) in [5.41, 5.74) is 7.16.